The number of carbonyl (C=O) groups is 5. The van der Waals surface area contributed by atoms with Crippen LogP contribution in [0.2, 0.25) is 0 Å². The van der Waals surface area contributed by atoms with E-state index in [1.807, 2.05) is 6.26 Å². The molecule has 0 bridgehead atoms. The largest absolute Gasteiger partial charge is 0.454 e. The maximum Gasteiger partial charge on any atom is 0.329 e. The second kappa shape index (κ2) is 9.08. The number of fused-ring (bicyclic) bond motifs is 1. The third kappa shape index (κ3) is 4.94. The summed E-state index contributed by atoms with van der Waals surface area (Å²) in [6.07, 6.45) is 3.76. The van der Waals surface area contributed by atoms with Crippen LogP contribution >= 0.6 is 11.8 Å². The number of hydrogen-bond acceptors (Lipinski definition) is 7. The number of hydrogen-bond donors (Lipinski definition) is 2. The van der Waals surface area contributed by atoms with Crippen molar-refractivity contribution < 1.29 is 28.7 Å². The van der Waals surface area contributed by atoms with Crippen LogP contribution in [0.5, 0.6) is 0 Å². The van der Waals surface area contributed by atoms with Crippen molar-refractivity contribution in [3.05, 3.63) is 35.4 Å². The molecule has 9 nitrogen and oxygen atoms in total. The predicted octanol–water partition coefficient (Wildman–Crippen LogP) is 0.936. The van der Waals surface area contributed by atoms with Crippen LogP contribution in [-0.4, -0.2) is 65.3 Å². The fraction of sp³-hybridized carbons (Fsp3) is 0.421. The molecule has 1 atom stereocenters. The standard InChI is InChI=1S/C19H21N3O6S/c1-29-9-8-14(22-16(24)12-4-2-3-5-13(12)17(22)25)18(26)28-10-15(23)21-19(27)20-11-6-7-11/h2-5,11,14H,6-10H2,1H3,(H2,20,21,23,27)/t14-/m0/s1. The SMILES string of the molecule is CSCC[C@@H](C(=O)OCC(=O)NC(=O)NC1CC1)N1C(=O)c2ccccc2C1=O. The number of urea groups is 1. The number of rotatable bonds is 8. The minimum absolute atomic E-state index is 0.0788. The van der Waals surface area contributed by atoms with Crippen LogP contribution in [0.3, 0.4) is 0 Å². The van der Waals surface area contributed by atoms with Gasteiger partial charge in [0, 0.05) is 6.04 Å². The van der Waals surface area contributed by atoms with Gasteiger partial charge in [0.05, 0.1) is 11.1 Å². The first-order valence-electron chi connectivity index (χ1n) is 9.15. The average molecular weight is 419 g/mol. The minimum Gasteiger partial charge on any atom is -0.454 e. The van der Waals surface area contributed by atoms with Crippen LogP contribution in [0.4, 0.5) is 4.79 Å². The van der Waals surface area contributed by atoms with Crippen LogP contribution in [0.1, 0.15) is 40.0 Å². The summed E-state index contributed by atoms with van der Waals surface area (Å²) in [5.41, 5.74) is 0.461. The zero-order chi connectivity index (χ0) is 21.0. The Labute approximate surface area is 171 Å². The van der Waals surface area contributed by atoms with Crippen molar-refractivity contribution in [1.29, 1.82) is 0 Å². The molecule has 1 saturated carbocycles. The molecule has 154 valence electrons. The van der Waals surface area contributed by atoms with E-state index in [0.717, 1.165) is 17.7 Å². The Morgan fingerprint density at radius 1 is 1.17 bits per heavy atom. The average Bonchev–Trinajstić information content (AvgIpc) is 3.48. The van der Waals surface area contributed by atoms with Gasteiger partial charge in [-0.15, -0.1) is 0 Å². The van der Waals surface area contributed by atoms with Crippen molar-refractivity contribution in [1.82, 2.24) is 15.5 Å². The zero-order valence-electron chi connectivity index (χ0n) is 15.8. The van der Waals surface area contributed by atoms with Crippen LogP contribution in [0.25, 0.3) is 0 Å². The lowest BCUT2D eigenvalue weighted by Gasteiger charge is -2.24. The van der Waals surface area contributed by atoms with E-state index < -0.39 is 42.4 Å². The van der Waals surface area contributed by atoms with Crippen LogP contribution in [-0.2, 0) is 14.3 Å². The normalized spacial score (nSPS) is 16.2. The number of nitrogens with one attached hydrogen (secondary N) is 2. The van der Waals surface area contributed by atoms with Gasteiger partial charge in [-0.1, -0.05) is 12.1 Å². The molecule has 2 aliphatic rings. The third-order valence-corrected chi connectivity index (χ3v) is 5.16. The van der Waals surface area contributed by atoms with E-state index in [2.05, 4.69) is 10.6 Å². The highest BCUT2D eigenvalue weighted by molar-refractivity contribution is 7.98. The number of thioether (sulfide) groups is 1. The topological polar surface area (TPSA) is 122 Å². The third-order valence-electron chi connectivity index (χ3n) is 4.52. The molecule has 1 heterocycles. The molecule has 10 heteroatoms. The molecule has 1 fully saturated rings. The maximum absolute atomic E-state index is 12.7. The monoisotopic (exact) mass is 419 g/mol. The molecular formula is C19H21N3O6S. The Hall–Kier alpha value is -2.88. The minimum atomic E-state index is -1.15. The Morgan fingerprint density at radius 3 is 2.34 bits per heavy atom. The molecule has 3 rings (SSSR count). The molecule has 1 aliphatic heterocycles. The van der Waals surface area contributed by atoms with Gasteiger partial charge in [-0.3, -0.25) is 24.6 Å². The van der Waals surface area contributed by atoms with Gasteiger partial charge >= 0.3 is 12.0 Å². The molecular weight excluding hydrogens is 398 g/mol. The smallest absolute Gasteiger partial charge is 0.329 e. The Morgan fingerprint density at radius 2 is 1.79 bits per heavy atom. The van der Waals surface area contributed by atoms with Crippen molar-refractivity contribution >= 4 is 41.5 Å². The Balaban J connectivity index is 1.63. The molecule has 1 aromatic carbocycles. The molecule has 0 spiro atoms. The highest BCUT2D eigenvalue weighted by atomic mass is 32.2. The van der Waals surface area contributed by atoms with Gasteiger partial charge in [-0.2, -0.15) is 11.8 Å². The van der Waals surface area contributed by atoms with Gasteiger partial charge < -0.3 is 10.1 Å². The van der Waals surface area contributed by atoms with Gasteiger partial charge in [0.1, 0.15) is 6.04 Å². The second-order valence-corrected chi connectivity index (χ2v) is 7.71. The molecule has 0 aromatic heterocycles. The van der Waals surface area contributed by atoms with E-state index in [0.29, 0.717) is 5.75 Å². The molecule has 1 aliphatic carbocycles. The number of ether oxygens (including phenoxy) is 1. The fourth-order valence-electron chi connectivity index (χ4n) is 2.92. The summed E-state index contributed by atoms with van der Waals surface area (Å²) in [4.78, 5) is 62.2. The summed E-state index contributed by atoms with van der Waals surface area (Å²) in [6.45, 7) is -0.685. The number of carbonyl (C=O) groups excluding carboxylic acids is 5. The molecule has 0 unspecified atom stereocenters. The Kier molecular flexibility index (Phi) is 6.53. The quantitative estimate of drug-likeness (QED) is 0.475. The fourth-order valence-corrected chi connectivity index (χ4v) is 3.38. The van der Waals surface area contributed by atoms with Gasteiger partial charge in [0.25, 0.3) is 17.7 Å². The number of imide groups is 2. The first-order chi connectivity index (χ1) is 13.9. The van der Waals surface area contributed by atoms with Crippen molar-refractivity contribution in [3.63, 3.8) is 0 Å². The lowest BCUT2D eigenvalue weighted by Crippen LogP contribution is -2.47. The summed E-state index contributed by atoms with van der Waals surface area (Å²) in [6, 6.07) is 4.61. The summed E-state index contributed by atoms with van der Waals surface area (Å²) >= 11 is 1.45. The molecule has 0 saturated heterocycles. The van der Waals surface area contributed by atoms with Crippen LogP contribution in [0.15, 0.2) is 24.3 Å². The van der Waals surface area contributed by atoms with E-state index >= 15 is 0 Å². The van der Waals surface area contributed by atoms with Crippen molar-refractivity contribution in [3.8, 4) is 0 Å². The van der Waals surface area contributed by atoms with E-state index in [4.69, 9.17) is 4.74 Å². The number of esters is 1. The summed E-state index contributed by atoms with van der Waals surface area (Å²) in [5.74, 6) is -2.29. The van der Waals surface area contributed by atoms with Gasteiger partial charge in [0.2, 0.25) is 0 Å². The van der Waals surface area contributed by atoms with E-state index in [9.17, 15) is 24.0 Å². The Bertz CT molecular complexity index is 819. The van der Waals surface area contributed by atoms with Gasteiger partial charge in [-0.05, 0) is 43.4 Å². The summed E-state index contributed by atoms with van der Waals surface area (Å²) < 4.78 is 5.01. The summed E-state index contributed by atoms with van der Waals surface area (Å²) in [7, 11) is 0. The second-order valence-electron chi connectivity index (χ2n) is 6.73. The van der Waals surface area contributed by atoms with Crippen molar-refractivity contribution in [2.24, 2.45) is 0 Å². The lowest BCUT2D eigenvalue weighted by molar-refractivity contribution is -0.152. The van der Waals surface area contributed by atoms with E-state index in [1.165, 1.54) is 23.9 Å². The van der Waals surface area contributed by atoms with Crippen molar-refractivity contribution in [2.45, 2.75) is 31.3 Å². The lowest BCUT2D eigenvalue weighted by atomic mass is 10.1. The van der Waals surface area contributed by atoms with Gasteiger partial charge in [0.15, 0.2) is 6.61 Å². The molecule has 1 aromatic rings. The summed E-state index contributed by atoms with van der Waals surface area (Å²) in [5, 5.41) is 4.65. The van der Waals surface area contributed by atoms with E-state index in [-0.39, 0.29) is 23.6 Å². The van der Waals surface area contributed by atoms with Crippen LogP contribution in [0, 0.1) is 0 Å². The zero-order valence-corrected chi connectivity index (χ0v) is 16.6. The van der Waals surface area contributed by atoms with Gasteiger partial charge in [-0.25, -0.2) is 9.59 Å². The molecule has 0 radical (unpaired) electrons. The number of nitrogens with zero attached hydrogens (tertiary/aromatic N) is 1. The highest BCUT2D eigenvalue weighted by Gasteiger charge is 2.43. The van der Waals surface area contributed by atoms with Crippen molar-refractivity contribution in [2.75, 3.05) is 18.6 Å². The number of amides is 5. The van der Waals surface area contributed by atoms with Crippen LogP contribution < -0.4 is 10.6 Å². The maximum atomic E-state index is 12.7. The first kappa shape index (κ1) is 20.8. The molecule has 29 heavy (non-hydrogen) atoms. The number of benzene rings is 1. The van der Waals surface area contributed by atoms with E-state index in [1.54, 1.807) is 12.1 Å². The molecule has 5 amide bonds. The highest BCUT2D eigenvalue weighted by Crippen LogP contribution is 2.26. The first-order valence-corrected chi connectivity index (χ1v) is 10.5. The molecule has 2 N–H and O–H groups in total. The predicted molar refractivity (Wildman–Crippen MR) is 104 cm³/mol.